The summed E-state index contributed by atoms with van der Waals surface area (Å²) < 4.78 is 40.8. The molecular weight excluding hydrogens is 356 g/mol. The van der Waals surface area contributed by atoms with Gasteiger partial charge in [0, 0.05) is 18.7 Å². The predicted molar refractivity (Wildman–Crippen MR) is 84.8 cm³/mol. The maximum absolute atomic E-state index is 12.8. The van der Waals surface area contributed by atoms with Gasteiger partial charge in [0.05, 0.1) is 11.1 Å². The normalized spacial score (nSPS) is 19.8. The molecule has 8 nitrogen and oxygen atoms in total. The van der Waals surface area contributed by atoms with Gasteiger partial charge in [-0.2, -0.15) is 5.10 Å². The number of rotatable bonds is 3. The van der Waals surface area contributed by atoms with E-state index in [9.17, 15) is 8.42 Å². The Hall–Kier alpha value is -1.84. The van der Waals surface area contributed by atoms with Crippen LogP contribution in [0.1, 0.15) is 24.7 Å². The van der Waals surface area contributed by atoms with Crippen molar-refractivity contribution < 1.29 is 17.9 Å². The molecule has 0 fully saturated rings. The number of nitrogens with zero attached hydrogens (tertiary/aromatic N) is 3. The Bertz CT molecular complexity index is 883. The first-order chi connectivity index (χ1) is 11.5. The number of hydrogen-bond donors (Lipinski definition) is 1. The highest BCUT2D eigenvalue weighted by Crippen LogP contribution is 2.37. The Morgan fingerprint density at radius 1 is 1.25 bits per heavy atom. The molecule has 10 heteroatoms. The molecule has 0 aliphatic carbocycles. The van der Waals surface area contributed by atoms with Crippen molar-refractivity contribution in [2.75, 3.05) is 13.2 Å². The van der Waals surface area contributed by atoms with Crippen LogP contribution < -0.4 is 14.2 Å². The smallest absolute Gasteiger partial charge is 0.242 e. The number of benzene rings is 1. The quantitative estimate of drug-likeness (QED) is 0.880. The molecule has 0 bridgehead atoms. The van der Waals surface area contributed by atoms with E-state index in [0.29, 0.717) is 37.0 Å². The lowest BCUT2D eigenvalue weighted by Crippen LogP contribution is -2.33. The summed E-state index contributed by atoms with van der Waals surface area (Å²) in [5, 5.41) is 4.18. The standard InChI is InChI=1S/C14H15ClN4O4S/c15-9-6-11-12(23-5-4-22-11)7-13(9)24(20,21)18-10-2-1-3-19-14(10)16-8-17-19/h6-8,10,18H,1-5H2. The molecule has 4 rings (SSSR count). The summed E-state index contributed by atoms with van der Waals surface area (Å²) in [5.74, 6) is 1.43. The number of hydrogen-bond acceptors (Lipinski definition) is 6. The Labute approximate surface area is 143 Å². The zero-order valence-corrected chi connectivity index (χ0v) is 14.2. The second kappa shape index (κ2) is 5.91. The molecule has 0 saturated heterocycles. The lowest BCUT2D eigenvalue weighted by Gasteiger charge is -2.24. The highest BCUT2D eigenvalue weighted by molar-refractivity contribution is 7.89. The first-order valence-electron chi connectivity index (χ1n) is 7.54. The molecule has 2 aliphatic heterocycles. The first-order valence-corrected chi connectivity index (χ1v) is 9.40. The van der Waals surface area contributed by atoms with Gasteiger partial charge in [-0.3, -0.25) is 0 Å². The van der Waals surface area contributed by atoms with E-state index in [4.69, 9.17) is 21.1 Å². The molecule has 0 spiro atoms. The van der Waals surface area contributed by atoms with Crippen molar-refractivity contribution in [3.8, 4) is 11.5 Å². The Morgan fingerprint density at radius 2 is 2.00 bits per heavy atom. The van der Waals surface area contributed by atoms with E-state index >= 15 is 0 Å². The summed E-state index contributed by atoms with van der Waals surface area (Å²) >= 11 is 6.15. The van der Waals surface area contributed by atoms with E-state index in [1.807, 2.05) is 0 Å². The minimum absolute atomic E-state index is 0.0370. The van der Waals surface area contributed by atoms with Crippen molar-refractivity contribution in [1.82, 2.24) is 19.5 Å². The van der Waals surface area contributed by atoms with Gasteiger partial charge in [-0.05, 0) is 12.8 Å². The molecule has 3 heterocycles. The van der Waals surface area contributed by atoms with Crippen molar-refractivity contribution in [2.45, 2.75) is 30.3 Å². The molecular formula is C14H15ClN4O4S. The van der Waals surface area contributed by atoms with Crippen LogP contribution in [0.3, 0.4) is 0 Å². The van der Waals surface area contributed by atoms with Crippen molar-refractivity contribution in [2.24, 2.45) is 0 Å². The third-order valence-electron chi connectivity index (χ3n) is 4.00. The number of halogens is 1. The van der Waals surface area contributed by atoms with E-state index in [2.05, 4.69) is 14.8 Å². The van der Waals surface area contributed by atoms with Crippen molar-refractivity contribution in [3.63, 3.8) is 0 Å². The molecule has 0 amide bonds. The average molecular weight is 371 g/mol. The van der Waals surface area contributed by atoms with Crippen molar-refractivity contribution in [3.05, 3.63) is 29.3 Å². The van der Waals surface area contributed by atoms with Crippen LogP contribution in [0.4, 0.5) is 0 Å². The minimum atomic E-state index is -3.84. The van der Waals surface area contributed by atoms with Gasteiger partial charge in [0.1, 0.15) is 30.3 Å². The predicted octanol–water partition coefficient (Wildman–Crippen LogP) is 1.52. The fourth-order valence-electron chi connectivity index (χ4n) is 2.90. The molecule has 1 atom stereocenters. The third-order valence-corrected chi connectivity index (χ3v) is 5.94. The molecule has 0 saturated carbocycles. The zero-order valence-electron chi connectivity index (χ0n) is 12.6. The van der Waals surface area contributed by atoms with Gasteiger partial charge in [0.2, 0.25) is 10.0 Å². The van der Waals surface area contributed by atoms with Crippen LogP contribution in [-0.2, 0) is 16.6 Å². The highest BCUT2D eigenvalue weighted by atomic mass is 35.5. The van der Waals surface area contributed by atoms with Crippen molar-refractivity contribution >= 4 is 21.6 Å². The van der Waals surface area contributed by atoms with Crippen LogP contribution in [0.25, 0.3) is 0 Å². The molecule has 1 aromatic heterocycles. The Kier molecular flexibility index (Phi) is 3.86. The lowest BCUT2D eigenvalue weighted by molar-refractivity contribution is 0.171. The van der Waals surface area contributed by atoms with Gasteiger partial charge in [0.15, 0.2) is 11.5 Å². The number of sulfonamides is 1. The number of nitrogens with one attached hydrogen (secondary N) is 1. The van der Waals surface area contributed by atoms with Crippen LogP contribution in [0.5, 0.6) is 11.5 Å². The summed E-state index contributed by atoms with van der Waals surface area (Å²) in [5.41, 5.74) is 0. The third kappa shape index (κ3) is 2.72. The Morgan fingerprint density at radius 3 is 2.79 bits per heavy atom. The fraction of sp³-hybridized carbons (Fsp3) is 0.429. The summed E-state index contributed by atoms with van der Waals surface area (Å²) in [6.45, 7) is 1.51. The van der Waals surface area contributed by atoms with Gasteiger partial charge < -0.3 is 9.47 Å². The van der Waals surface area contributed by atoms with Gasteiger partial charge in [-0.1, -0.05) is 11.6 Å². The van der Waals surface area contributed by atoms with Gasteiger partial charge in [-0.15, -0.1) is 0 Å². The lowest BCUT2D eigenvalue weighted by atomic mass is 10.1. The van der Waals surface area contributed by atoms with E-state index < -0.39 is 16.1 Å². The van der Waals surface area contributed by atoms with Crippen LogP contribution in [0, 0.1) is 0 Å². The van der Waals surface area contributed by atoms with Gasteiger partial charge in [0.25, 0.3) is 0 Å². The SMILES string of the molecule is O=S(=O)(NC1CCCn2ncnc21)c1cc2c(cc1Cl)OCCO2. The topological polar surface area (TPSA) is 95.3 Å². The average Bonchev–Trinajstić information content (AvgIpc) is 3.03. The minimum Gasteiger partial charge on any atom is -0.486 e. The Balaban J connectivity index is 1.67. The van der Waals surface area contributed by atoms with Crippen LogP contribution in [0.15, 0.2) is 23.4 Å². The molecule has 0 radical (unpaired) electrons. The summed E-state index contributed by atoms with van der Waals surface area (Å²) in [4.78, 5) is 4.12. The fourth-order valence-corrected chi connectivity index (χ4v) is 4.66. The molecule has 128 valence electrons. The molecule has 1 aromatic carbocycles. The van der Waals surface area contributed by atoms with Crippen LogP contribution in [0.2, 0.25) is 5.02 Å². The number of ether oxygens (including phenoxy) is 2. The monoisotopic (exact) mass is 370 g/mol. The second-order valence-corrected chi connectivity index (χ2v) is 7.67. The summed E-state index contributed by atoms with van der Waals surface area (Å²) in [6, 6.07) is 2.43. The largest absolute Gasteiger partial charge is 0.486 e. The zero-order chi connectivity index (χ0) is 16.7. The molecule has 2 aromatic rings. The van der Waals surface area contributed by atoms with E-state index in [-0.39, 0.29) is 9.92 Å². The number of aromatic nitrogens is 3. The first kappa shape index (κ1) is 15.7. The summed E-state index contributed by atoms with van der Waals surface area (Å²) in [6.07, 6.45) is 2.90. The van der Waals surface area contributed by atoms with Crippen LogP contribution >= 0.6 is 11.6 Å². The summed E-state index contributed by atoms with van der Waals surface area (Å²) in [7, 11) is -3.84. The van der Waals surface area contributed by atoms with E-state index in [0.717, 1.165) is 13.0 Å². The number of fused-ring (bicyclic) bond motifs is 2. The highest BCUT2D eigenvalue weighted by Gasteiger charge is 2.30. The molecule has 1 N–H and O–H groups in total. The molecule has 24 heavy (non-hydrogen) atoms. The van der Waals surface area contributed by atoms with Gasteiger partial charge in [-0.25, -0.2) is 22.8 Å². The molecule has 1 unspecified atom stereocenters. The maximum atomic E-state index is 12.8. The van der Waals surface area contributed by atoms with E-state index in [1.165, 1.54) is 18.5 Å². The maximum Gasteiger partial charge on any atom is 0.242 e. The van der Waals surface area contributed by atoms with Gasteiger partial charge >= 0.3 is 0 Å². The van der Waals surface area contributed by atoms with Crippen LogP contribution in [-0.4, -0.2) is 36.4 Å². The number of aryl methyl sites for hydroxylation is 1. The van der Waals surface area contributed by atoms with E-state index in [1.54, 1.807) is 4.68 Å². The van der Waals surface area contributed by atoms with Crippen molar-refractivity contribution in [1.29, 1.82) is 0 Å². The second-order valence-electron chi connectivity index (χ2n) is 5.58. The molecule has 2 aliphatic rings.